The van der Waals surface area contributed by atoms with Crippen molar-refractivity contribution in [1.82, 2.24) is 0 Å². The standard InChI is InChI=1S/C15H23NO2S/c1-10-4-6-13(8-11(10)2)19(17)15-7-5-12(16)9-14(15)18-3/h5,7,9-11,13H,4,6,8,16H2,1-3H3. The highest BCUT2D eigenvalue weighted by Crippen LogP contribution is 2.36. The fourth-order valence-electron chi connectivity index (χ4n) is 2.72. The number of ether oxygens (including phenoxy) is 1. The maximum Gasteiger partial charge on any atom is 0.137 e. The summed E-state index contributed by atoms with van der Waals surface area (Å²) in [6, 6.07) is 5.39. The van der Waals surface area contributed by atoms with Gasteiger partial charge in [0.05, 0.1) is 22.8 Å². The first-order valence-electron chi connectivity index (χ1n) is 6.87. The van der Waals surface area contributed by atoms with Crippen LogP contribution in [0.4, 0.5) is 5.69 Å². The van der Waals surface area contributed by atoms with E-state index >= 15 is 0 Å². The molecule has 4 heteroatoms. The number of hydrogen-bond acceptors (Lipinski definition) is 3. The summed E-state index contributed by atoms with van der Waals surface area (Å²) in [6.07, 6.45) is 3.22. The molecule has 0 radical (unpaired) electrons. The quantitative estimate of drug-likeness (QED) is 0.866. The van der Waals surface area contributed by atoms with Gasteiger partial charge in [0, 0.05) is 17.0 Å². The summed E-state index contributed by atoms with van der Waals surface area (Å²) < 4.78 is 18.0. The Hall–Kier alpha value is -1.03. The van der Waals surface area contributed by atoms with E-state index in [1.54, 1.807) is 19.2 Å². The van der Waals surface area contributed by atoms with Crippen LogP contribution in [0.2, 0.25) is 0 Å². The summed E-state index contributed by atoms with van der Waals surface area (Å²) in [5.74, 6) is 2.02. The minimum atomic E-state index is -1.01. The van der Waals surface area contributed by atoms with Crippen molar-refractivity contribution in [2.45, 2.75) is 43.3 Å². The lowest BCUT2D eigenvalue weighted by molar-refractivity contribution is 0.281. The molecule has 19 heavy (non-hydrogen) atoms. The summed E-state index contributed by atoms with van der Waals surface area (Å²) in [7, 11) is 0.593. The highest BCUT2D eigenvalue weighted by Gasteiger charge is 2.30. The zero-order valence-electron chi connectivity index (χ0n) is 11.9. The van der Waals surface area contributed by atoms with Gasteiger partial charge in [0.1, 0.15) is 5.75 Å². The molecular formula is C15H23NO2S. The lowest BCUT2D eigenvalue weighted by atomic mass is 9.81. The molecule has 0 saturated heterocycles. The molecule has 1 saturated carbocycles. The van der Waals surface area contributed by atoms with E-state index in [-0.39, 0.29) is 5.25 Å². The molecule has 1 aromatic rings. The summed E-state index contributed by atoms with van der Waals surface area (Å²) in [5, 5.41) is 0.240. The molecule has 106 valence electrons. The summed E-state index contributed by atoms with van der Waals surface area (Å²) in [6.45, 7) is 4.54. The molecule has 1 fully saturated rings. The number of methoxy groups -OCH3 is 1. The Morgan fingerprint density at radius 2 is 2.00 bits per heavy atom. The number of anilines is 1. The van der Waals surface area contributed by atoms with E-state index in [4.69, 9.17) is 10.5 Å². The smallest absolute Gasteiger partial charge is 0.137 e. The van der Waals surface area contributed by atoms with Gasteiger partial charge in [0.15, 0.2) is 0 Å². The number of nitrogens with two attached hydrogens (primary N) is 1. The van der Waals surface area contributed by atoms with Crippen LogP contribution in [0.3, 0.4) is 0 Å². The second-order valence-corrected chi connectivity index (χ2v) is 7.30. The normalized spacial score (nSPS) is 28.9. The maximum absolute atomic E-state index is 12.7. The number of rotatable bonds is 3. The molecule has 2 N–H and O–H groups in total. The molecule has 1 aliphatic carbocycles. The van der Waals surface area contributed by atoms with Crippen LogP contribution in [0.1, 0.15) is 33.1 Å². The Morgan fingerprint density at radius 3 is 2.63 bits per heavy atom. The van der Waals surface area contributed by atoms with Crippen molar-refractivity contribution < 1.29 is 8.95 Å². The number of hydrogen-bond donors (Lipinski definition) is 1. The molecule has 2 rings (SSSR count). The van der Waals surface area contributed by atoms with Crippen molar-refractivity contribution in [2.24, 2.45) is 11.8 Å². The maximum atomic E-state index is 12.7. The molecule has 0 heterocycles. The van der Waals surface area contributed by atoms with Gasteiger partial charge in [-0.1, -0.05) is 13.8 Å². The van der Waals surface area contributed by atoms with Crippen molar-refractivity contribution >= 4 is 16.5 Å². The third-order valence-electron chi connectivity index (χ3n) is 4.26. The van der Waals surface area contributed by atoms with E-state index in [1.165, 1.54) is 0 Å². The molecule has 4 unspecified atom stereocenters. The molecule has 0 aliphatic heterocycles. The van der Waals surface area contributed by atoms with Gasteiger partial charge >= 0.3 is 0 Å². The van der Waals surface area contributed by atoms with Crippen molar-refractivity contribution in [1.29, 1.82) is 0 Å². The third-order valence-corrected chi connectivity index (χ3v) is 6.06. The summed E-state index contributed by atoms with van der Waals surface area (Å²) in [4.78, 5) is 0.781. The average Bonchev–Trinajstić information content (AvgIpc) is 2.41. The zero-order chi connectivity index (χ0) is 14.0. The second kappa shape index (κ2) is 5.95. The lowest BCUT2D eigenvalue weighted by Gasteiger charge is -2.31. The molecule has 3 nitrogen and oxygen atoms in total. The van der Waals surface area contributed by atoms with Crippen LogP contribution >= 0.6 is 0 Å². The Balaban J connectivity index is 2.20. The zero-order valence-corrected chi connectivity index (χ0v) is 12.7. The largest absolute Gasteiger partial charge is 0.495 e. The van der Waals surface area contributed by atoms with E-state index in [0.717, 1.165) is 30.1 Å². The molecular weight excluding hydrogens is 258 g/mol. The first-order valence-corrected chi connectivity index (χ1v) is 8.08. The van der Waals surface area contributed by atoms with E-state index in [0.29, 0.717) is 17.4 Å². The highest BCUT2D eigenvalue weighted by atomic mass is 32.2. The first kappa shape index (κ1) is 14.4. The summed E-state index contributed by atoms with van der Waals surface area (Å²) in [5.41, 5.74) is 6.38. The van der Waals surface area contributed by atoms with Gasteiger partial charge in [-0.15, -0.1) is 0 Å². The average molecular weight is 281 g/mol. The van der Waals surface area contributed by atoms with Gasteiger partial charge in [0.25, 0.3) is 0 Å². The molecule has 1 aromatic carbocycles. The number of nitrogen functional groups attached to an aromatic ring is 1. The van der Waals surface area contributed by atoms with Crippen LogP contribution in [0.15, 0.2) is 23.1 Å². The topological polar surface area (TPSA) is 52.3 Å². The third kappa shape index (κ3) is 3.11. The van der Waals surface area contributed by atoms with Crippen LogP contribution in [0.5, 0.6) is 5.75 Å². The lowest BCUT2D eigenvalue weighted by Crippen LogP contribution is -2.28. The highest BCUT2D eigenvalue weighted by molar-refractivity contribution is 7.85. The molecule has 4 atom stereocenters. The second-order valence-electron chi connectivity index (χ2n) is 5.60. The van der Waals surface area contributed by atoms with Gasteiger partial charge in [-0.05, 0) is 43.2 Å². The van der Waals surface area contributed by atoms with Crippen LogP contribution in [-0.4, -0.2) is 16.6 Å². The van der Waals surface area contributed by atoms with E-state index in [2.05, 4.69) is 13.8 Å². The predicted octanol–water partition coefficient (Wildman–Crippen LogP) is 3.21. The fourth-order valence-corrected chi connectivity index (χ4v) is 4.45. The van der Waals surface area contributed by atoms with Crippen molar-refractivity contribution in [2.75, 3.05) is 12.8 Å². The van der Waals surface area contributed by atoms with Gasteiger partial charge in [-0.3, -0.25) is 4.21 Å². The molecule has 0 spiro atoms. The van der Waals surface area contributed by atoms with Crippen LogP contribution in [0, 0.1) is 11.8 Å². The number of benzene rings is 1. The van der Waals surface area contributed by atoms with E-state index in [9.17, 15) is 4.21 Å². The molecule has 0 amide bonds. The monoisotopic (exact) mass is 281 g/mol. The summed E-state index contributed by atoms with van der Waals surface area (Å²) >= 11 is 0. The Bertz CT molecular complexity index is 475. The minimum Gasteiger partial charge on any atom is -0.495 e. The first-order chi connectivity index (χ1) is 9.02. The van der Waals surface area contributed by atoms with Crippen molar-refractivity contribution in [3.05, 3.63) is 18.2 Å². The Kier molecular flexibility index (Phi) is 4.50. The molecule has 0 aromatic heterocycles. The molecule has 1 aliphatic rings. The Labute approximate surface area is 118 Å². The van der Waals surface area contributed by atoms with E-state index < -0.39 is 10.8 Å². The SMILES string of the molecule is COc1cc(N)ccc1S(=O)C1CCC(C)C(C)C1. The van der Waals surface area contributed by atoms with Gasteiger partial charge in [-0.25, -0.2) is 0 Å². The van der Waals surface area contributed by atoms with Crippen molar-refractivity contribution in [3.63, 3.8) is 0 Å². The van der Waals surface area contributed by atoms with E-state index in [1.807, 2.05) is 6.07 Å². The van der Waals surface area contributed by atoms with Crippen LogP contribution in [0.25, 0.3) is 0 Å². The van der Waals surface area contributed by atoms with Crippen LogP contribution in [-0.2, 0) is 10.8 Å². The molecule has 0 bridgehead atoms. The Morgan fingerprint density at radius 1 is 1.26 bits per heavy atom. The van der Waals surface area contributed by atoms with Crippen LogP contribution < -0.4 is 10.5 Å². The fraction of sp³-hybridized carbons (Fsp3) is 0.600. The minimum absolute atomic E-state index is 0.240. The van der Waals surface area contributed by atoms with Gasteiger partial charge < -0.3 is 10.5 Å². The van der Waals surface area contributed by atoms with Crippen molar-refractivity contribution in [3.8, 4) is 5.75 Å². The van der Waals surface area contributed by atoms with Gasteiger partial charge in [-0.2, -0.15) is 0 Å². The predicted molar refractivity (Wildman–Crippen MR) is 79.8 cm³/mol. The van der Waals surface area contributed by atoms with Gasteiger partial charge in [0.2, 0.25) is 0 Å².